The molecule has 7 heteroatoms. The normalized spacial score (nSPS) is 12.0. The van der Waals surface area contributed by atoms with Gasteiger partial charge in [-0.05, 0) is 78.9 Å². The molecule has 6 nitrogen and oxygen atoms in total. The topological polar surface area (TPSA) is 84.1 Å². The minimum Gasteiger partial charge on any atom is -0.489 e. The quantitative estimate of drug-likeness (QED) is 0.278. The number of amides is 1. The van der Waals surface area contributed by atoms with E-state index in [0.29, 0.717) is 28.3 Å². The van der Waals surface area contributed by atoms with E-state index in [1.165, 1.54) is 4.57 Å². The van der Waals surface area contributed by atoms with Crippen molar-refractivity contribution >= 4 is 34.6 Å². The zero-order valence-electron chi connectivity index (χ0n) is 23.5. The molecule has 0 aliphatic carbocycles. The van der Waals surface area contributed by atoms with Gasteiger partial charge in [0.2, 0.25) is 0 Å². The van der Waals surface area contributed by atoms with Crippen LogP contribution in [0.1, 0.15) is 27.8 Å². The van der Waals surface area contributed by atoms with Crippen LogP contribution >= 0.6 is 11.3 Å². The lowest BCUT2D eigenvalue weighted by molar-refractivity contribution is -0.111. The van der Waals surface area contributed by atoms with E-state index < -0.39 is 5.91 Å². The average molecular weight is 572 g/mol. The number of hydrogen-bond acceptors (Lipinski definition) is 5. The van der Waals surface area contributed by atoms with Crippen molar-refractivity contribution in [1.29, 1.82) is 5.26 Å². The molecule has 4 aromatic carbocycles. The molecule has 42 heavy (non-hydrogen) atoms. The molecule has 1 aromatic heterocycles. The third-order valence-corrected chi connectivity index (χ3v) is 7.87. The summed E-state index contributed by atoms with van der Waals surface area (Å²) in [5.41, 5.74) is 5.27. The van der Waals surface area contributed by atoms with Crippen LogP contribution in [0.15, 0.2) is 102 Å². The maximum absolute atomic E-state index is 14.0. The standard InChI is InChI=1S/C35H29N3O3S/c1-23-16-17-25(3)31(18-23)38-34(40)32(20-27-13-9-14-28(19-27)41-22-26-11-5-4-6-12-26)42-35(38)29(21-36)33(39)37-30-15-8-7-10-24(30)2/h4-20H,22H2,1-3H3,(H,37,39)/b32-20-,35-29-. The van der Waals surface area contributed by atoms with Gasteiger partial charge in [-0.25, -0.2) is 0 Å². The van der Waals surface area contributed by atoms with Crippen LogP contribution in [0.3, 0.4) is 0 Å². The van der Waals surface area contributed by atoms with Crippen molar-refractivity contribution in [1.82, 2.24) is 4.57 Å². The number of benzene rings is 4. The largest absolute Gasteiger partial charge is 0.489 e. The Morgan fingerprint density at radius 3 is 2.45 bits per heavy atom. The summed E-state index contributed by atoms with van der Waals surface area (Å²) in [5.74, 6) is 0.0936. The number of carbonyl (C=O) groups is 1. The Labute approximate surface area is 248 Å². The second kappa shape index (κ2) is 12.5. The summed E-state index contributed by atoms with van der Waals surface area (Å²) in [6.07, 6.45) is 1.77. The van der Waals surface area contributed by atoms with Gasteiger partial charge in [-0.15, -0.1) is 11.3 Å². The molecule has 0 radical (unpaired) electrons. The van der Waals surface area contributed by atoms with Crippen molar-refractivity contribution in [2.75, 3.05) is 5.32 Å². The lowest BCUT2D eigenvalue weighted by Crippen LogP contribution is -2.32. The average Bonchev–Trinajstić information content (AvgIpc) is 3.30. The fourth-order valence-corrected chi connectivity index (χ4v) is 5.60. The number of nitrogens with zero attached hydrogens (tertiary/aromatic N) is 2. The number of carbonyl (C=O) groups excluding carboxylic acids is 1. The van der Waals surface area contributed by atoms with Gasteiger partial charge >= 0.3 is 0 Å². The maximum Gasteiger partial charge on any atom is 0.273 e. The van der Waals surface area contributed by atoms with E-state index in [9.17, 15) is 14.9 Å². The molecular weight excluding hydrogens is 542 g/mol. The number of aryl methyl sites for hydroxylation is 3. The Kier molecular flexibility index (Phi) is 8.47. The first kappa shape index (κ1) is 28.3. The molecule has 0 atom stereocenters. The molecule has 0 fully saturated rings. The monoisotopic (exact) mass is 571 g/mol. The van der Waals surface area contributed by atoms with Gasteiger partial charge in [0.1, 0.15) is 23.1 Å². The molecule has 0 aliphatic heterocycles. The highest BCUT2D eigenvalue weighted by molar-refractivity contribution is 7.07. The summed E-state index contributed by atoms with van der Waals surface area (Å²) in [4.78, 5) is 27.4. The van der Waals surface area contributed by atoms with E-state index in [4.69, 9.17) is 4.74 Å². The number of hydrogen-bond donors (Lipinski definition) is 1. The van der Waals surface area contributed by atoms with Crippen LogP contribution in [0.5, 0.6) is 5.75 Å². The highest BCUT2D eigenvalue weighted by Gasteiger charge is 2.19. The van der Waals surface area contributed by atoms with Crippen LogP contribution in [-0.4, -0.2) is 10.5 Å². The van der Waals surface area contributed by atoms with Crippen molar-refractivity contribution < 1.29 is 9.53 Å². The molecule has 5 aromatic rings. The van der Waals surface area contributed by atoms with Crippen molar-refractivity contribution in [3.05, 3.63) is 144 Å². The van der Waals surface area contributed by atoms with E-state index in [2.05, 4.69) is 11.4 Å². The van der Waals surface area contributed by atoms with E-state index in [-0.39, 0.29) is 15.8 Å². The minimum atomic E-state index is -0.574. The van der Waals surface area contributed by atoms with Crippen LogP contribution in [0.2, 0.25) is 0 Å². The van der Waals surface area contributed by atoms with Crippen LogP contribution in [0.25, 0.3) is 17.3 Å². The molecule has 0 spiro atoms. The Morgan fingerprint density at radius 1 is 0.929 bits per heavy atom. The predicted octanol–water partition coefficient (Wildman–Crippen LogP) is 5.55. The summed E-state index contributed by atoms with van der Waals surface area (Å²) in [5, 5.41) is 13.0. The van der Waals surface area contributed by atoms with Crippen molar-refractivity contribution in [3.63, 3.8) is 0 Å². The van der Waals surface area contributed by atoms with Gasteiger partial charge in [0.25, 0.3) is 11.5 Å². The Hall–Kier alpha value is -5.19. The second-order valence-electron chi connectivity index (χ2n) is 9.95. The van der Waals surface area contributed by atoms with Crippen LogP contribution in [0.4, 0.5) is 5.69 Å². The minimum absolute atomic E-state index is 0.138. The molecule has 0 bridgehead atoms. The van der Waals surface area contributed by atoms with Gasteiger partial charge in [0.15, 0.2) is 5.57 Å². The van der Waals surface area contributed by atoms with Crippen LogP contribution in [-0.2, 0) is 11.4 Å². The number of ether oxygens (including phenoxy) is 1. The third-order valence-electron chi connectivity index (χ3n) is 6.78. The summed E-state index contributed by atoms with van der Waals surface area (Å²) in [7, 11) is 0. The van der Waals surface area contributed by atoms with Gasteiger partial charge in [-0.3, -0.25) is 14.2 Å². The molecule has 0 saturated carbocycles. The molecular formula is C35H29N3O3S. The molecule has 1 amide bonds. The number of para-hydroxylation sites is 1. The van der Waals surface area contributed by atoms with Gasteiger partial charge < -0.3 is 10.1 Å². The lowest BCUT2D eigenvalue weighted by atomic mass is 10.1. The zero-order chi connectivity index (χ0) is 29.6. The molecule has 1 heterocycles. The van der Waals surface area contributed by atoms with Gasteiger partial charge in [-0.2, -0.15) is 5.26 Å². The molecule has 1 N–H and O–H groups in total. The molecule has 0 aliphatic rings. The number of nitriles is 1. The smallest absolute Gasteiger partial charge is 0.273 e. The third kappa shape index (κ3) is 6.25. The number of thiazole rings is 1. The van der Waals surface area contributed by atoms with E-state index >= 15 is 0 Å². The highest BCUT2D eigenvalue weighted by atomic mass is 32.1. The van der Waals surface area contributed by atoms with Crippen molar-refractivity contribution in [2.24, 2.45) is 0 Å². The van der Waals surface area contributed by atoms with Crippen LogP contribution in [0, 0.1) is 32.1 Å². The van der Waals surface area contributed by atoms with E-state index in [0.717, 1.165) is 39.2 Å². The van der Waals surface area contributed by atoms with Gasteiger partial charge in [-0.1, -0.05) is 72.8 Å². The first-order chi connectivity index (χ1) is 20.3. The van der Waals surface area contributed by atoms with Crippen molar-refractivity contribution in [3.8, 4) is 17.5 Å². The predicted molar refractivity (Wildman–Crippen MR) is 168 cm³/mol. The number of aromatic nitrogens is 1. The number of nitrogens with one attached hydrogen (secondary N) is 1. The number of anilines is 1. The number of rotatable bonds is 7. The summed E-state index contributed by atoms with van der Waals surface area (Å²) in [6.45, 7) is 6.14. The molecule has 0 unspecified atom stereocenters. The Balaban J connectivity index is 1.64. The SMILES string of the molecule is Cc1ccc(C)c(-n2c(=O)/c(=C/c3cccc(OCc4ccccc4)c3)s/c2=C(/C#N)C(=O)Nc2ccccc2C)c1. The molecule has 208 valence electrons. The highest BCUT2D eigenvalue weighted by Crippen LogP contribution is 2.18. The van der Waals surface area contributed by atoms with E-state index in [1.807, 2.05) is 112 Å². The summed E-state index contributed by atoms with van der Waals surface area (Å²) < 4.78 is 8.12. The summed E-state index contributed by atoms with van der Waals surface area (Å²) in [6, 6.07) is 32.6. The fourth-order valence-electron chi connectivity index (χ4n) is 4.51. The maximum atomic E-state index is 14.0. The Morgan fingerprint density at radius 2 is 1.69 bits per heavy atom. The van der Waals surface area contributed by atoms with Crippen molar-refractivity contribution in [2.45, 2.75) is 27.4 Å². The second-order valence-corrected chi connectivity index (χ2v) is 11.0. The van der Waals surface area contributed by atoms with Gasteiger partial charge in [0, 0.05) is 5.69 Å². The van der Waals surface area contributed by atoms with Crippen LogP contribution < -0.4 is 24.8 Å². The van der Waals surface area contributed by atoms with Gasteiger partial charge in [0.05, 0.1) is 10.2 Å². The fraction of sp³-hybridized carbons (Fsp3) is 0.114. The summed E-state index contributed by atoms with van der Waals surface area (Å²) >= 11 is 1.12. The molecule has 5 rings (SSSR count). The molecule has 0 saturated heterocycles. The Bertz CT molecular complexity index is 2000. The lowest BCUT2D eigenvalue weighted by Gasteiger charge is -2.10. The first-order valence-corrected chi connectivity index (χ1v) is 14.2. The van der Waals surface area contributed by atoms with E-state index in [1.54, 1.807) is 12.1 Å². The zero-order valence-corrected chi connectivity index (χ0v) is 24.4. The first-order valence-electron chi connectivity index (χ1n) is 13.4.